The van der Waals surface area contributed by atoms with Gasteiger partial charge in [-0.3, -0.25) is 19.8 Å². The van der Waals surface area contributed by atoms with Crippen molar-refractivity contribution in [2.75, 3.05) is 51.0 Å². The lowest BCUT2D eigenvalue weighted by Gasteiger charge is -2.34. The lowest BCUT2D eigenvalue weighted by Crippen LogP contribution is -2.48. The van der Waals surface area contributed by atoms with Crippen molar-refractivity contribution in [1.82, 2.24) is 30.0 Å². The number of halogens is 1. The van der Waals surface area contributed by atoms with E-state index in [0.29, 0.717) is 63.6 Å². The van der Waals surface area contributed by atoms with E-state index >= 15 is 4.39 Å². The molecule has 6 bridgehead atoms. The Balaban J connectivity index is 1.26. The maximum atomic E-state index is 17.0. The van der Waals surface area contributed by atoms with Crippen molar-refractivity contribution >= 4 is 33.4 Å². The average Bonchev–Trinajstić information content (AvgIpc) is 3.73. The van der Waals surface area contributed by atoms with Gasteiger partial charge in [-0.1, -0.05) is 6.92 Å². The number of nitrogens with one attached hydrogen (secondary N) is 1. The molecule has 3 aromatic heterocycles. The molecule has 1 aromatic carbocycles. The van der Waals surface area contributed by atoms with Gasteiger partial charge in [-0.25, -0.2) is 4.39 Å². The largest absolute Gasteiger partial charge is 0.461 e. The molecule has 9 rings (SSSR count). The Labute approximate surface area is 266 Å². The van der Waals surface area contributed by atoms with Crippen LogP contribution in [0, 0.1) is 12.7 Å². The van der Waals surface area contributed by atoms with Crippen molar-refractivity contribution in [3.63, 3.8) is 0 Å². The number of anilines is 1. The number of carbonyl (C=O) groups is 1. The fourth-order valence-electron chi connectivity index (χ4n) is 8.21. The van der Waals surface area contributed by atoms with Gasteiger partial charge in [-0.15, -0.1) is 0 Å². The fourth-order valence-corrected chi connectivity index (χ4v) is 8.21. The number of H-pyrrole nitrogens is 1. The van der Waals surface area contributed by atoms with E-state index in [0.717, 1.165) is 66.2 Å². The Bertz CT molecular complexity index is 1810. The van der Waals surface area contributed by atoms with Gasteiger partial charge in [0.15, 0.2) is 5.82 Å². The van der Waals surface area contributed by atoms with E-state index < -0.39 is 5.82 Å². The van der Waals surface area contributed by atoms with Crippen LogP contribution in [0.15, 0.2) is 18.5 Å². The first-order valence-electron chi connectivity index (χ1n) is 16.6. The molecule has 11 nitrogen and oxygen atoms in total. The zero-order valence-corrected chi connectivity index (χ0v) is 26.5. The van der Waals surface area contributed by atoms with Crippen LogP contribution < -0.4 is 9.64 Å². The normalized spacial score (nSPS) is 25.2. The Kier molecular flexibility index (Phi) is 7.61. The van der Waals surface area contributed by atoms with E-state index in [1.807, 2.05) is 13.8 Å². The van der Waals surface area contributed by atoms with Crippen LogP contribution >= 0.6 is 0 Å². The highest BCUT2D eigenvalue weighted by Gasteiger charge is 2.51. The number of carbonyl (C=O) groups excluding carboxylic acids is 1. The first-order valence-corrected chi connectivity index (χ1v) is 16.6. The van der Waals surface area contributed by atoms with Gasteiger partial charge in [0.05, 0.1) is 48.0 Å². The average molecular weight is 630 g/mol. The maximum absolute atomic E-state index is 17.0. The maximum Gasteiger partial charge on any atom is 0.319 e. The number of rotatable bonds is 5. The highest BCUT2D eigenvalue weighted by Crippen LogP contribution is 2.44. The quantitative estimate of drug-likeness (QED) is 0.337. The summed E-state index contributed by atoms with van der Waals surface area (Å²) in [5.74, 6) is 0.329. The van der Waals surface area contributed by atoms with Crippen LogP contribution in [0.2, 0.25) is 0 Å². The molecule has 8 heterocycles. The first-order chi connectivity index (χ1) is 22.5. The number of Topliss-reactive ketones (excluding diaryl/α,β-unsaturated/α-hetero) is 1. The lowest BCUT2D eigenvalue weighted by atomic mass is 9.92. The SMILES string of the molecule is CCC(=O)C1CCC2(COc3nc4c5cnc(c(F)c5n3)-c3c(c(C)cc5[nH]ncc35)CCCOC3COCCN4C3)CCCN12. The van der Waals surface area contributed by atoms with E-state index in [1.165, 1.54) is 0 Å². The van der Waals surface area contributed by atoms with E-state index in [2.05, 4.69) is 26.1 Å². The molecule has 3 unspecified atom stereocenters. The molecule has 3 saturated heterocycles. The van der Waals surface area contributed by atoms with Crippen LogP contribution in [0.25, 0.3) is 33.1 Å². The van der Waals surface area contributed by atoms with Gasteiger partial charge in [0.1, 0.15) is 29.4 Å². The number of aryl methyl sites for hydroxylation is 1. The van der Waals surface area contributed by atoms with Gasteiger partial charge in [0.25, 0.3) is 0 Å². The monoisotopic (exact) mass is 629 g/mol. The second kappa shape index (κ2) is 11.8. The summed E-state index contributed by atoms with van der Waals surface area (Å²) in [6, 6.07) is 2.12. The molecule has 1 N–H and O–H groups in total. The molecule has 0 aliphatic carbocycles. The molecule has 0 spiro atoms. The Morgan fingerprint density at radius 1 is 1.17 bits per heavy atom. The Morgan fingerprint density at radius 3 is 2.98 bits per heavy atom. The van der Waals surface area contributed by atoms with Gasteiger partial charge in [0.2, 0.25) is 0 Å². The molecule has 5 aliphatic heterocycles. The summed E-state index contributed by atoms with van der Waals surface area (Å²) in [7, 11) is 0. The minimum absolute atomic E-state index is 0.0638. The molecule has 0 radical (unpaired) electrons. The molecule has 0 saturated carbocycles. The molecular weight excluding hydrogens is 589 g/mol. The predicted octanol–water partition coefficient (Wildman–Crippen LogP) is 4.54. The number of hydrogen-bond donors (Lipinski definition) is 1. The molecule has 4 aromatic rings. The first kappa shape index (κ1) is 29.6. The standard InChI is InChI=1S/C34H40FN7O4/c1-3-27(43)26-7-9-34(8-5-10-42(26)34)19-46-33-38-30-24-15-36-31(29(30)35)28-22(20(2)14-25-23(28)16-37-40-25)6-4-12-45-21-17-41(32(24)39-33)11-13-44-18-21/h14-16,21,26H,3-13,17-19H2,1-2H3,(H,37,40). The molecule has 46 heavy (non-hydrogen) atoms. The number of fused-ring (bicyclic) bond motifs is 6. The topological polar surface area (TPSA) is 119 Å². The molecular formula is C34H40FN7O4. The molecule has 0 amide bonds. The zero-order valence-electron chi connectivity index (χ0n) is 26.5. The summed E-state index contributed by atoms with van der Waals surface area (Å²) in [5, 5.41) is 8.65. The van der Waals surface area contributed by atoms with E-state index in [1.54, 1.807) is 12.4 Å². The van der Waals surface area contributed by atoms with Gasteiger partial charge in [0, 0.05) is 43.3 Å². The number of benzene rings is 1. The molecule has 5 aliphatic rings. The van der Waals surface area contributed by atoms with Crippen LogP contribution in [-0.4, -0.2) is 99.6 Å². The van der Waals surface area contributed by atoms with Crippen molar-refractivity contribution in [2.45, 2.75) is 76.5 Å². The van der Waals surface area contributed by atoms with Gasteiger partial charge in [-0.05, 0) is 69.2 Å². The van der Waals surface area contributed by atoms with Crippen LogP contribution in [0.4, 0.5) is 10.2 Å². The third-order valence-corrected chi connectivity index (χ3v) is 10.5. The number of nitrogens with zero attached hydrogens (tertiary/aromatic N) is 6. The number of aromatic amines is 1. The summed E-state index contributed by atoms with van der Waals surface area (Å²) >= 11 is 0. The summed E-state index contributed by atoms with van der Waals surface area (Å²) in [6.07, 6.45) is 8.92. The smallest absolute Gasteiger partial charge is 0.319 e. The Hall–Kier alpha value is -3.74. The van der Waals surface area contributed by atoms with Crippen molar-refractivity contribution in [1.29, 1.82) is 0 Å². The van der Waals surface area contributed by atoms with Crippen LogP contribution in [0.1, 0.15) is 56.6 Å². The van der Waals surface area contributed by atoms with E-state index in [4.69, 9.17) is 29.2 Å². The number of hydrogen-bond acceptors (Lipinski definition) is 10. The summed E-state index contributed by atoms with van der Waals surface area (Å²) in [5.41, 5.74) is 3.76. The molecule has 12 heteroatoms. The number of ether oxygens (including phenoxy) is 3. The predicted molar refractivity (Wildman–Crippen MR) is 171 cm³/mol. The third kappa shape index (κ3) is 4.92. The number of aromatic nitrogens is 5. The minimum Gasteiger partial charge on any atom is -0.461 e. The van der Waals surface area contributed by atoms with Crippen molar-refractivity contribution in [3.8, 4) is 17.3 Å². The molecule has 3 fully saturated rings. The Morgan fingerprint density at radius 2 is 2.09 bits per heavy atom. The second-order valence-corrected chi connectivity index (χ2v) is 13.2. The van der Waals surface area contributed by atoms with Gasteiger partial charge >= 0.3 is 6.01 Å². The molecule has 242 valence electrons. The minimum atomic E-state index is -0.508. The number of pyridine rings is 1. The van der Waals surface area contributed by atoms with E-state index in [-0.39, 0.29) is 40.7 Å². The highest BCUT2D eigenvalue weighted by atomic mass is 19.1. The van der Waals surface area contributed by atoms with Crippen molar-refractivity contribution in [3.05, 3.63) is 35.4 Å². The third-order valence-electron chi connectivity index (χ3n) is 10.5. The van der Waals surface area contributed by atoms with Crippen LogP contribution in [0.3, 0.4) is 0 Å². The lowest BCUT2D eigenvalue weighted by molar-refractivity contribution is -0.124. The second-order valence-electron chi connectivity index (χ2n) is 13.2. The van der Waals surface area contributed by atoms with Crippen molar-refractivity contribution in [2.24, 2.45) is 0 Å². The summed E-state index contributed by atoms with van der Waals surface area (Å²) in [6.45, 7) is 7.81. The van der Waals surface area contributed by atoms with Crippen molar-refractivity contribution < 1.29 is 23.4 Å². The van der Waals surface area contributed by atoms with Crippen LogP contribution in [0.5, 0.6) is 6.01 Å². The van der Waals surface area contributed by atoms with Gasteiger partial charge in [-0.2, -0.15) is 15.1 Å². The number of ketones is 1. The molecule has 3 atom stereocenters. The summed E-state index contributed by atoms with van der Waals surface area (Å²) < 4.78 is 35.8. The van der Waals surface area contributed by atoms with E-state index in [9.17, 15) is 4.79 Å². The fraction of sp³-hybridized carbons (Fsp3) is 0.559. The van der Waals surface area contributed by atoms with Crippen LogP contribution in [-0.2, 0) is 20.7 Å². The highest BCUT2D eigenvalue weighted by molar-refractivity contribution is 5.99. The summed E-state index contributed by atoms with van der Waals surface area (Å²) in [4.78, 5) is 31.6. The van der Waals surface area contributed by atoms with Gasteiger partial charge < -0.3 is 19.1 Å². The zero-order chi connectivity index (χ0) is 31.4.